The highest BCUT2D eigenvalue weighted by atomic mass is 16.3. The summed E-state index contributed by atoms with van der Waals surface area (Å²) in [7, 11) is 0. The molecule has 0 radical (unpaired) electrons. The van der Waals surface area contributed by atoms with Crippen LogP contribution in [0, 0.1) is 13.8 Å². The second-order valence-corrected chi connectivity index (χ2v) is 6.00. The van der Waals surface area contributed by atoms with Crippen LogP contribution in [0.1, 0.15) is 47.7 Å². The van der Waals surface area contributed by atoms with Crippen molar-refractivity contribution in [3.8, 4) is 0 Å². The van der Waals surface area contributed by atoms with Gasteiger partial charge < -0.3 is 9.73 Å². The average molecular weight is 310 g/mol. The average Bonchev–Trinajstić information content (AvgIpc) is 3.11. The molecule has 3 aromatic heterocycles. The van der Waals surface area contributed by atoms with Crippen molar-refractivity contribution in [3.63, 3.8) is 0 Å². The molecule has 0 bridgehead atoms. The Balaban J connectivity index is 1.96. The minimum absolute atomic E-state index is 0.0465. The van der Waals surface area contributed by atoms with E-state index < -0.39 is 0 Å². The molecule has 1 atom stereocenters. The van der Waals surface area contributed by atoms with E-state index in [-0.39, 0.29) is 11.8 Å². The number of carbonyl (C=O) groups excluding carboxylic acids is 1. The number of rotatable bonds is 2. The van der Waals surface area contributed by atoms with Crippen LogP contribution < -0.4 is 5.32 Å². The molecule has 1 aliphatic rings. The van der Waals surface area contributed by atoms with E-state index in [1.54, 1.807) is 4.52 Å². The van der Waals surface area contributed by atoms with Gasteiger partial charge in [-0.2, -0.15) is 0 Å². The van der Waals surface area contributed by atoms with Gasteiger partial charge in [0.15, 0.2) is 11.5 Å². The molecule has 1 amide bonds. The third-order valence-electron chi connectivity index (χ3n) is 4.30. The fourth-order valence-electron chi connectivity index (χ4n) is 3.24. The molecule has 6 nitrogen and oxygen atoms in total. The number of amides is 1. The molecule has 0 saturated carbocycles. The van der Waals surface area contributed by atoms with Crippen LogP contribution in [0.4, 0.5) is 5.82 Å². The fourth-order valence-corrected chi connectivity index (χ4v) is 3.24. The standard InChI is InChI=1S/C17H18N4O2/c1-4-11-5-6-13(23-11)12-8-14(22)19-16-15(12)17-18-9(2)7-10(3)21(17)20-16/h5-7,12H,4,8H2,1-3H3,(H,19,20,22). The summed E-state index contributed by atoms with van der Waals surface area (Å²) in [6.07, 6.45) is 1.18. The van der Waals surface area contributed by atoms with E-state index in [0.717, 1.165) is 40.5 Å². The van der Waals surface area contributed by atoms with Gasteiger partial charge in [-0.05, 0) is 32.0 Å². The summed E-state index contributed by atoms with van der Waals surface area (Å²) in [5.74, 6) is 2.11. The van der Waals surface area contributed by atoms with E-state index in [1.165, 1.54) is 0 Å². The van der Waals surface area contributed by atoms with Gasteiger partial charge in [0, 0.05) is 24.2 Å². The number of nitrogens with one attached hydrogen (secondary N) is 1. The van der Waals surface area contributed by atoms with Gasteiger partial charge in [-0.1, -0.05) is 6.92 Å². The van der Waals surface area contributed by atoms with Crippen LogP contribution in [0.3, 0.4) is 0 Å². The second-order valence-electron chi connectivity index (χ2n) is 6.00. The second kappa shape index (κ2) is 4.94. The van der Waals surface area contributed by atoms with E-state index in [4.69, 9.17) is 4.42 Å². The van der Waals surface area contributed by atoms with Gasteiger partial charge in [0.05, 0.1) is 11.5 Å². The Morgan fingerprint density at radius 2 is 2.22 bits per heavy atom. The molecule has 23 heavy (non-hydrogen) atoms. The lowest BCUT2D eigenvalue weighted by atomic mass is 9.91. The molecule has 4 heterocycles. The highest BCUT2D eigenvalue weighted by molar-refractivity contribution is 5.95. The monoisotopic (exact) mass is 310 g/mol. The first-order chi connectivity index (χ1) is 11.1. The SMILES string of the molecule is CCc1ccc(C2CC(=O)Nc3nn4c(C)cc(C)nc4c32)o1. The molecule has 118 valence electrons. The zero-order valence-electron chi connectivity index (χ0n) is 13.4. The molecule has 0 saturated heterocycles. The summed E-state index contributed by atoms with van der Waals surface area (Å²) in [5, 5.41) is 7.39. The Morgan fingerprint density at radius 3 is 2.96 bits per heavy atom. The molecule has 0 fully saturated rings. The minimum atomic E-state index is -0.148. The lowest BCUT2D eigenvalue weighted by Crippen LogP contribution is -2.23. The summed E-state index contributed by atoms with van der Waals surface area (Å²) in [6.45, 7) is 6.00. The van der Waals surface area contributed by atoms with Crippen LogP contribution in [0.2, 0.25) is 0 Å². The molecule has 3 aromatic rings. The highest BCUT2D eigenvalue weighted by Crippen LogP contribution is 2.39. The van der Waals surface area contributed by atoms with Gasteiger partial charge in [0.2, 0.25) is 5.91 Å². The number of anilines is 1. The van der Waals surface area contributed by atoms with Crippen molar-refractivity contribution in [1.82, 2.24) is 14.6 Å². The van der Waals surface area contributed by atoms with Crippen LogP contribution in [0.25, 0.3) is 5.65 Å². The zero-order chi connectivity index (χ0) is 16.1. The van der Waals surface area contributed by atoms with Gasteiger partial charge in [-0.15, -0.1) is 5.10 Å². The lowest BCUT2D eigenvalue weighted by molar-refractivity contribution is -0.116. The summed E-state index contributed by atoms with van der Waals surface area (Å²) < 4.78 is 7.70. The number of aromatic nitrogens is 3. The maximum absolute atomic E-state index is 12.1. The van der Waals surface area contributed by atoms with Crippen molar-refractivity contribution in [2.45, 2.75) is 39.5 Å². The van der Waals surface area contributed by atoms with Gasteiger partial charge in [0.25, 0.3) is 0 Å². The largest absolute Gasteiger partial charge is 0.465 e. The van der Waals surface area contributed by atoms with E-state index in [2.05, 4.69) is 15.4 Å². The summed E-state index contributed by atoms with van der Waals surface area (Å²) in [6, 6.07) is 5.90. The number of furan rings is 1. The van der Waals surface area contributed by atoms with Crippen molar-refractivity contribution < 1.29 is 9.21 Å². The van der Waals surface area contributed by atoms with Crippen LogP contribution in [0.15, 0.2) is 22.6 Å². The van der Waals surface area contributed by atoms with Crippen LogP contribution in [-0.2, 0) is 11.2 Å². The normalized spacial score (nSPS) is 17.3. The smallest absolute Gasteiger partial charge is 0.226 e. The third-order valence-corrected chi connectivity index (χ3v) is 4.30. The predicted molar refractivity (Wildman–Crippen MR) is 85.6 cm³/mol. The Kier molecular flexibility index (Phi) is 3.01. The molecule has 0 aliphatic carbocycles. The van der Waals surface area contributed by atoms with E-state index in [1.807, 2.05) is 39.0 Å². The molecular formula is C17H18N4O2. The number of nitrogens with zero attached hydrogens (tertiary/aromatic N) is 3. The first kappa shape index (κ1) is 14.0. The number of hydrogen-bond acceptors (Lipinski definition) is 4. The molecule has 1 N–H and O–H groups in total. The van der Waals surface area contributed by atoms with Crippen LogP contribution in [-0.4, -0.2) is 20.5 Å². The topological polar surface area (TPSA) is 72.4 Å². The number of fused-ring (bicyclic) bond motifs is 3. The molecule has 4 rings (SSSR count). The fraction of sp³-hybridized carbons (Fsp3) is 0.353. The highest BCUT2D eigenvalue weighted by Gasteiger charge is 2.34. The van der Waals surface area contributed by atoms with Crippen molar-refractivity contribution in [1.29, 1.82) is 0 Å². The van der Waals surface area contributed by atoms with Gasteiger partial charge in [0.1, 0.15) is 11.5 Å². The van der Waals surface area contributed by atoms with Crippen molar-refractivity contribution >= 4 is 17.4 Å². The zero-order valence-corrected chi connectivity index (χ0v) is 13.4. The van der Waals surface area contributed by atoms with Gasteiger partial charge >= 0.3 is 0 Å². The van der Waals surface area contributed by atoms with Gasteiger partial charge in [-0.25, -0.2) is 9.50 Å². The summed E-state index contributed by atoms with van der Waals surface area (Å²) >= 11 is 0. The van der Waals surface area contributed by atoms with E-state index in [9.17, 15) is 4.79 Å². The first-order valence-corrected chi connectivity index (χ1v) is 7.82. The maximum atomic E-state index is 12.1. The van der Waals surface area contributed by atoms with Crippen molar-refractivity contribution in [3.05, 3.63) is 46.7 Å². The first-order valence-electron chi connectivity index (χ1n) is 7.82. The number of hydrogen-bond donors (Lipinski definition) is 1. The molecule has 0 spiro atoms. The Bertz CT molecular complexity index is 922. The Morgan fingerprint density at radius 1 is 1.39 bits per heavy atom. The molecular weight excluding hydrogens is 292 g/mol. The van der Waals surface area contributed by atoms with Gasteiger partial charge in [-0.3, -0.25) is 4.79 Å². The van der Waals surface area contributed by atoms with Crippen LogP contribution in [0.5, 0.6) is 0 Å². The maximum Gasteiger partial charge on any atom is 0.226 e. The van der Waals surface area contributed by atoms with Crippen molar-refractivity contribution in [2.24, 2.45) is 0 Å². The Labute approximate surface area is 133 Å². The van der Waals surface area contributed by atoms with Crippen molar-refractivity contribution in [2.75, 3.05) is 5.32 Å². The quantitative estimate of drug-likeness (QED) is 0.790. The Hall–Kier alpha value is -2.63. The summed E-state index contributed by atoms with van der Waals surface area (Å²) in [4.78, 5) is 16.7. The molecule has 0 aromatic carbocycles. The van der Waals surface area contributed by atoms with Crippen LogP contribution >= 0.6 is 0 Å². The lowest BCUT2D eigenvalue weighted by Gasteiger charge is -2.19. The summed E-state index contributed by atoms with van der Waals surface area (Å²) in [5.41, 5.74) is 3.65. The minimum Gasteiger partial charge on any atom is -0.465 e. The molecule has 1 aliphatic heterocycles. The van der Waals surface area contributed by atoms with E-state index >= 15 is 0 Å². The third kappa shape index (κ3) is 2.13. The predicted octanol–water partition coefficient (Wildman–Crippen LogP) is 2.98. The number of aryl methyl sites for hydroxylation is 3. The molecule has 1 unspecified atom stereocenters. The number of carbonyl (C=O) groups is 1. The molecule has 6 heteroatoms. The van der Waals surface area contributed by atoms with E-state index in [0.29, 0.717) is 12.2 Å².